The number of benzene rings is 2. The van der Waals surface area contributed by atoms with Gasteiger partial charge in [-0.25, -0.2) is 0 Å². The molecule has 3 nitrogen and oxygen atoms in total. The molecule has 1 aromatic heterocycles. The van der Waals surface area contributed by atoms with Crippen LogP contribution in [0.3, 0.4) is 0 Å². The minimum absolute atomic E-state index is 0.0169. The molecule has 166 valence electrons. The van der Waals surface area contributed by atoms with Gasteiger partial charge in [0, 0.05) is 27.9 Å². The van der Waals surface area contributed by atoms with Gasteiger partial charge < -0.3 is 10.4 Å². The molecule has 0 spiro atoms. The number of nitrogens with one attached hydrogen (secondary N) is 1. The molecule has 0 aliphatic carbocycles. The number of aryl methyl sites for hydroxylation is 2. The zero-order chi connectivity index (χ0) is 23.6. The second kappa shape index (κ2) is 9.62. The molecule has 3 aromatic rings. The van der Waals surface area contributed by atoms with Crippen molar-refractivity contribution < 1.29 is 9.67 Å². The number of thiocarbonyl (C=S) groups is 1. The van der Waals surface area contributed by atoms with Gasteiger partial charge in [0.25, 0.3) is 0 Å². The predicted octanol–water partition coefficient (Wildman–Crippen LogP) is 6.32. The molecule has 0 saturated carbocycles. The highest BCUT2D eigenvalue weighted by atomic mass is 35.5. The van der Waals surface area contributed by atoms with Crippen LogP contribution in [-0.2, 0) is 5.41 Å². The van der Waals surface area contributed by atoms with E-state index in [0.717, 1.165) is 22.4 Å². The summed E-state index contributed by atoms with van der Waals surface area (Å²) in [6.45, 7) is 10.4. The monoisotopic (exact) mass is 484 g/mol. The Morgan fingerprint density at radius 2 is 1.62 bits per heavy atom. The molecule has 0 bridgehead atoms. The van der Waals surface area contributed by atoms with E-state index in [1.54, 1.807) is 22.8 Å². The molecule has 0 aliphatic rings. The van der Waals surface area contributed by atoms with E-state index in [9.17, 15) is 5.11 Å². The standard InChI is InChI=1S/C26H26Cl2N2OS/c1-16-6-7-17(2)22(14-16)29-25(32)23(24(31)20-15-19(27)8-9-21(20)28)30-12-10-18(11-13-30)26(3,4)5/h6-15H,1-5H3,(H-,29,31,32). The van der Waals surface area contributed by atoms with Crippen molar-refractivity contribution in [1.82, 2.24) is 0 Å². The Bertz CT molecular complexity index is 1200. The molecule has 2 aromatic carbocycles. The minimum Gasteiger partial charge on any atom is -0.867 e. The van der Waals surface area contributed by atoms with E-state index in [1.165, 1.54) is 0 Å². The number of anilines is 1. The topological polar surface area (TPSA) is 39.0 Å². The summed E-state index contributed by atoms with van der Waals surface area (Å²) in [6.07, 6.45) is 3.70. The molecular weight excluding hydrogens is 459 g/mol. The second-order valence-electron chi connectivity index (χ2n) is 8.82. The van der Waals surface area contributed by atoms with Crippen LogP contribution in [0.25, 0.3) is 11.5 Å². The lowest BCUT2D eigenvalue weighted by Crippen LogP contribution is -2.40. The van der Waals surface area contributed by atoms with Gasteiger partial charge in [0.1, 0.15) is 0 Å². The highest BCUT2D eigenvalue weighted by molar-refractivity contribution is 7.81. The fourth-order valence-corrected chi connectivity index (χ4v) is 3.95. The third-order valence-corrected chi connectivity index (χ3v) is 6.06. The summed E-state index contributed by atoms with van der Waals surface area (Å²) in [6, 6.07) is 14.9. The first-order valence-corrected chi connectivity index (χ1v) is 11.4. The lowest BCUT2D eigenvalue weighted by atomic mass is 9.88. The van der Waals surface area contributed by atoms with Gasteiger partial charge in [-0.05, 0) is 71.5 Å². The van der Waals surface area contributed by atoms with Crippen molar-refractivity contribution in [1.29, 1.82) is 0 Å². The van der Waals surface area contributed by atoms with Crippen molar-refractivity contribution in [2.75, 3.05) is 5.32 Å². The summed E-state index contributed by atoms with van der Waals surface area (Å²) in [5.41, 5.74) is 4.69. The zero-order valence-electron chi connectivity index (χ0n) is 18.8. The van der Waals surface area contributed by atoms with Crippen LogP contribution in [0.1, 0.15) is 43.0 Å². The third kappa shape index (κ3) is 5.50. The first-order chi connectivity index (χ1) is 15.0. The molecule has 0 atom stereocenters. The Hall–Kier alpha value is -2.40. The second-order valence-corrected chi connectivity index (χ2v) is 10.1. The van der Waals surface area contributed by atoms with Gasteiger partial charge in [-0.15, -0.1) is 0 Å². The van der Waals surface area contributed by atoms with Gasteiger partial charge in [-0.3, -0.25) is 0 Å². The fourth-order valence-electron chi connectivity index (χ4n) is 3.26. The van der Waals surface area contributed by atoms with E-state index >= 15 is 0 Å². The Morgan fingerprint density at radius 1 is 0.969 bits per heavy atom. The summed E-state index contributed by atoms with van der Waals surface area (Å²) in [7, 11) is 0. The van der Waals surface area contributed by atoms with Gasteiger partial charge in [-0.1, -0.05) is 68.3 Å². The van der Waals surface area contributed by atoms with E-state index in [0.29, 0.717) is 26.3 Å². The molecule has 1 heterocycles. The number of hydrogen-bond acceptors (Lipinski definition) is 2. The summed E-state index contributed by atoms with van der Waals surface area (Å²) in [5.74, 6) is -0.311. The Kier molecular flexibility index (Phi) is 7.29. The molecule has 0 radical (unpaired) electrons. The smallest absolute Gasteiger partial charge is 0.238 e. The number of pyridine rings is 1. The maximum absolute atomic E-state index is 13.7. The molecule has 0 fully saturated rings. The van der Waals surface area contributed by atoms with Gasteiger partial charge in [-0.2, -0.15) is 4.57 Å². The number of halogens is 2. The lowest BCUT2D eigenvalue weighted by molar-refractivity contribution is -0.577. The van der Waals surface area contributed by atoms with Crippen molar-refractivity contribution in [3.8, 4) is 0 Å². The van der Waals surface area contributed by atoms with Crippen LogP contribution in [0.4, 0.5) is 5.69 Å². The number of nitrogens with zero attached hydrogens (tertiary/aromatic N) is 1. The van der Waals surface area contributed by atoms with Gasteiger partial charge >= 0.3 is 0 Å². The number of hydrogen-bond donors (Lipinski definition) is 1. The first-order valence-electron chi connectivity index (χ1n) is 10.2. The molecule has 6 heteroatoms. The molecular formula is C26H26Cl2N2OS. The summed E-state index contributed by atoms with van der Waals surface area (Å²) in [5, 5.41) is 17.7. The van der Waals surface area contributed by atoms with Crippen LogP contribution >= 0.6 is 35.4 Å². The highest BCUT2D eigenvalue weighted by Crippen LogP contribution is 2.28. The van der Waals surface area contributed by atoms with Crippen LogP contribution in [0.2, 0.25) is 10.0 Å². The summed E-state index contributed by atoms with van der Waals surface area (Å²) in [4.78, 5) is 0.299. The molecule has 1 N–H and O–H groups in total. The van der Waals surface area contributed by atoms with E-state index in [2.05, 4.69) is 26.1 Å². The van der Waals surface area contributed by atoms with E-state index < -0.39 is 0 Å². The lowest BCUT2D eigenvalue weighted by Gasteiger charge is -2.20. The Morgan fingerprint density at radius 3 is 2.25 bits per heavy atom. The minimum atomic E-state index is -0.311. The highest BCUT2D eigenvalue weighted by Gasteiger charge is 2.22. The maximum atomic E-state index is 13.7. The van der Waals surface area contributed by atoms with Crippen LogP contribution in [-0.4, -0.2) is 4.99 Å². The predicted molar refractivity (Wildman–Crippen MR) is 137 cm³/mol. The number of rotatable bonds is 4. The molecule has 0 aliphatic heterocycles. The van der Waals surface area contributed by atoms with E-state index in [-0.39, 0.29) is 11.2 Å². The molecule has 32 heavy (non-hydrogen) atoms. The quantitative estimate of drug-likeness (QED) is 0.203. The van der Waals surface area contributed by atoms with Crippen LogP contribution in [0, 0.1) is 13.8 Å². The summed E-state index contributed by atoms with van der Waals surface area (Å²) >= 11 is 18.2. The van der Waals surface area contributed by atoms with Crippen molar-refractivity contribution in [2.24, 2.45) is 0 Å². The average Bonchev–Trinajstić information content (AvgIpc) is 2.72. The van der Waals surface area contributed by atoms with Crippen molar-refractivity contribution in [3.63, 3.8) is 0 Å². The van der Waals surface area contributed by atoms with Crippen LogP contribution in [0.5, 0.6) is 0 Å². The van der Waals surface area contributed by atoms with E-state index in [1.807, 2.05) is 56.6 Å². The SMILES string of the molecule is Cc1ccc(C)c(NC(=S)/C(=C(/[O-])c2cc(Cl)ccc2Cl)[n+]2ccc(C(C)(C)C)cc2)c1. The van der Waals surface area contributed by atoms with Crippen molar-refractivity contribution >= 4 is 57.6 Å². The Labute approximate surface area is 205 Å². The van der Waals surface area contributed by atoms with Gasteiger partial charge in [0.05, 0.1) is 0 Å². The van der Waals surface area contributed by atoms with Crippen molar-refractivity contribution in [3.05, 3.63) is 93.2 Å². The van der Waals surface area contributed by atoms with E-state index in [4.69, 9.17) is 35.4 Å². The Balaban J connectivity index is 2.16. The molecule has 0 saturated heterocycles. The molecule has 3 rings (SSSR count). The fraction of sp³-hybridized carbons (Fsp3) is 0.231. The first kappa shape index (κ1) is 24.2. The summed E-state index contributed by atoms with van der Waals surface area (Å²) < 4.78 is 1.73. The van der Waals surface area contributed by atoms with Gasteiger partial charge in [0.2, 0.25) is 5.70 Å². The zero-order valence-corrected chi connectivity index (χ0v) is 21.1. The normalized spacial score (nSPS) is 12.3. The number of aromatic nitrogens is 1. The average molecular weight is 485 g/mol. The largest absolute Gasteiger partial charge is 0.867 e. The van der Waals surface area contributed by atoms with Gasteiger partial charge in [0.15, 0.2) is 17.4 Å². The molecule has 0 amide bonds. The van der Waals surface area contributed by atoms with Crippen LogP contribution < -0.4 is 15.0 Å². The molecule has 0 unspecified atom stereocenters. The van der Waals surface area contributed by atoms with Crippen molar-refractivity contribution in [2.45, 2.75) is 40.0 Å². The van der Waals surface area contributed by atoms with Crippen LogP contribution in [0.15, 0.2) is 60.9 Å². The maximum Gasteiger partial charge on any atom is 0.238 e. The third-order valence-electron chi connectivity index (χ3n) is 5.20.